The summed E-state index contributed by atoms with van der Waals surface area (Å²) in [6.07, 6.45) is 6.54. The van der Waals surface area contributed by atoms with Crippen LogP contribution < -0.4 is 9.64 Å². The van der Waals surface area contributed by atoms with Crippen LogP contribution in [0.25, 0.3) is 0 Å². The van der Waals surface area contributed by atoms with Crippen LogP contribution in [0, 0.1) is 5.41 Å². The van der Waals surface area contributed by atoms with E-state index < -0.39 is 27.3 Å². The lowest BCUT2D eigenvalue weighted by molar-refractivity contribution is -0.941. The molecule has 2 atom stereocenters. The molecule has 4 aliphatic heterocycles. The van der Waals surface area contributed by atoms with E-state index in [4.69, 9.17) is 4.74 Å². The van der Waals surface area contributed by atoms with E-state index in [0.29, 0.717) is 29.9 Å². The second-order valence-electron chi connectivity index (χ2n) is 14.1. The number of benzene rings is 2. The van der Waals surface area contributed by atoms with Crippen LogP contribution in [0.5, 0.6) is 5.75 Å². The van der Waals surface area contributed by atoms with Crippen molar-refractivity contribution in [2.24, 2.45) is 5.41 Å². The van der Waals surface area contributed by atoms with Crippen molar-refractivity contribution in [3.63, 3.8) is 0 Å². The smallest absolute Gasteiger partial charge is 0.179 e. The van der Waals surface area contributed by atoms with Crippen molar-refractivity contribution in [1.82, 2.24) is 4.90 Å². The maximum atomic E-state index is 14.1. The highest BCUT2D eigenvalue weighted by Crippen LogP contribution is 2.50. The van der Waals surface area contributed by atoms with Crippen molar-refractivity contribution in [3.05, 3.63) is 53.6 Å². The highest BCUT2D eigenvalue weighted by molar-refractivity contribution is 7.91. The molecule has 3 fully saturated rings. The first-order valence-electron chi connectivity index (χ1n) is 17.1. The predicted octanol–water partition coefficient (Wildman–Crippen LogP) is 5.70. The Hall–Kier alpha value is -2.13. The second kappa shape index (κ2) is 14.1. The molecule has 1 N–H and O–H groups in total. The van der Waals surface area contributed by atoms with Crippen molar-refractivity contribution in [3.8, 4) is 5.75 Å². The van der Waals surface area contributed by atoms with Gasteiger partial charge in [0, 0.05) is 50.7 Å². The number of ether oxygens (including phenoxy) is 1. The summed E-state index contributed by atoms with van der Waals surface area (Å²) in [5.41, 5.74) is 1.88. The van der Waals surface area contributed by atoms with E-state index in [1.807, 2.05) is 55.4 Å². The number of nitrogens with zero attached hydrogens (tertiary/aromatic N) is 3. The van der Waals surface area contributed by atoms with Gasteiger partial charge in [-0.25, -0.2) is 8.42 Å². The van der Waals surface area contributed by atoms with E-state index in [1.54, 1.807) is 6.07 Å². The zero-order valence-electron chi connectivity index (χ0n) is 27.6. The van der Waals surface area contributed by atoms with Gasteiger partial charge in [0.15, 0.2) is 9.84 Å². The van der Waals surface area contributed by atoms with Gasteiger partial charge in [-0.3, -0.25) is 4.90 Å². The van der Waals surface area contributed by atoms with Crippen molar-refractivity contribution in [2.75, 3.05) is 77.2 Å². The maximum absolute atomic E-state index is 14.1. The number of hydrogen-bond donors (Lipinski definition) is 1. The molecule has 4 heterocycles. The van der Waals surface area contributed by atoms with E-state index in [-0.39, 0.29) is 5.75 Å². The fourth-order valence-electron chi connectivity index (χ4n) is 7.97. The number of hydrogen-bond acceptors (Lipinski definition) is 6. The molecular weight excluding hydrogens is 570 g/mol. The summed E-state index contributed by atoms with van der Waals surface area (Å²) >= 11 is 0. The second-order valence-corrected chi connectivity index (χ2v) is 16.0. The number of aliphatic hydroxyl groups is 1. The van der Waals surface area contributed by atoms with Gasteiger partial charge >= 0.3 is 0 Å². The standard InChI is InChI=1S/C36H56N3O4S/c1-5-7-17-36(18-8-6-2)28-44(41,42)33-16-13-30(37(3)4)27-32(33)34(35(36)40)29-11-14-31(15-12-29)43-26-10-9-22-39-23-19-38(20-24-39)21-25-39/h11-16,27,34-35,40H,5-10,17-26,28H2,1-4H3/q+1/t34-,35+/m0/s1. The first-order valence-corrected chi connectivity index (χ1v) is 18.8. The molecule has 44 heavy (non-hydrogen) atoms. The Labute approximate surface area is 266 Å². The number of aliphatic hydroxyl groups excluding tert-OH is 1. The Bertz CT molecular complexity index is 1310. The number of rotatable bonds is 14. The van der Waals surface area contributed by atoms with E-state index in [2.05, 4.69) is 18.7 Å². The average Bonchev–Trinajstić information content (AvgIpc) is 3.10. The lowest BCUT2D eigenvalue weighted by atomic mass is 9.68. The quantitative estimate of drug-likeness (QED) is 0.214. The molecule has 7 nitrogen and oxygen atoms in total. The Morgan fingerprint density at radius 3 is 2.16 bits per heavy atom. The maximum Gasteiger partial charge on any atom is 0.179 e. The number of quaternary nitrogens is 1. The van der Waals surface area contributed by atoms with Crippen LogP contribution in [0.2, 0.25) is 0 Å². The van der Waals surface area contributed by atoms with Gasteiger partial charge in [-0.05, 0) is 67.1 Å². The largest absolute Gasteiger partial charge is 0.494 e. The van der Waals surface area contributed by atoms with E-state index in [1.165, 1.54) is 56.7 Å². The number of piperazine rings is 3. The Balaban J connectivity index is 1.37. The zero-order valence-corrected chi connectivity index (χ0v) is 28.5. The zero-order chi connectivity index (χ0) is 31.4. The monoisotopic (exact) mass is 626 g/mol. The normalized spacial score (nSPS) is 27.0. The Kier molecular flexibility index (Phi) is 10.7. The summed E-state index contributed by atoms with van der Waals surface area (Å²) in [7, 11) is 0.324. The minimum atomic E-state index is -3.61. The van der Waals surface area contributed by atoms with Gasteiger partial charge in [-0.1, -0.05) is 51.7 Å². The van der Waals surface area contributed by atoms with Crippen LogP contribution in [0.15, 0.2) is 47.4 Å². The third kappa shape index (κ3) is 7.14. The van der Waals surface area contributed by atoms with Gasteiger partial charge < -0.3 is 19.2 Å². The summed E-state index contributed by atoms with van der Waals surface area (Å²) in [6, 6.07) is 13.7. The van der Waals surface area contributed by atoms with Crippen LogP contribution in [-0.4, -0.2) is 101 Å². The van der Waals surface area contributed by atoms with Crippen molar-refractivity contribution < 1.29 is 22.7 Å². The molecule has 0 aromatic heterocycles. The molecule has 4 aliphatic rings. The number of unbranched alkanes of at least 4 members (excludes halogenated alkanes) is 3. The summed E-state index contributed by atoms with van der Waals surface area (Å²) < 4.78 is 35.6. The third-order valence-corrected chi connectivity index (χ3v) is 12.9. The van der Waals surface area contributed by atoms with Gasteiger partial charge in [-0.2, -0.15) is 0 Å². The van der Waals surface area contributed by atoms with E-state index in [9.17, 15) is 13.5 Å². The fraction of sp³-hybridized carbons (Fsp3) is 0.667. The molecular formula is C36H56N3O4S+. The third-order valence-electron chi connectivity index (χ3n) is 10.9. The minimum Gasteiger partial charge on any atom is -0.494 e. The molecule has 8 heteroatoms. The van der Waals surface area contributed by atoms with Gasteiger partial charge in [-0.15, -0.1) is 0 Å². The molecule has 0 spiro atoms. The first kappa shape index (κ1) is 33.2. The number of sulfone groups is 1. The lowest BCUT2D eigenvalue weighted by Gasteiger charge is -2.50. The summed E-state index contributed by atoms with van der Waals surface area (Å²) in [6.45, 7) is 13.9. The van der Waals surface area contributed by atoms with E-state index >= 15 is 0 Å². The molecule has 0 aliphatic carbocycles. The highest BCUT2D eigenvalue weighted by atomic mass is 32.2. The average molecular weight is 627 g/mol. The molecule has 3 saturated heterocycles. The number of anilines is 1. The van der Waals surface area contributed by atoms with Crippen LogP contribution >= 0.6 is 0 Å². The molecule has 244 valence electrons. The van der Waals surface area contributed by atoms with Crippen LogP contribution in [-0.2, 0) is 9.84 Å². The van der Waals surface area contributed by atoms with Crippen LogP contribution in [0.1, 0.15) is 82.3 Å². The van der Waals surface area contributed by atoms with Gasteiger partial charge in [0.1, 0.15) is 5.75 Å². The summed E-state index contributed by atoms with van der Waals surface area (Å²) in [5.74, 6) is 0.378. The molecule has 2 aromatic carbocycles. The molecule has 6 rings (SSSR count). The van der Waals surface area contributed by atoms with Crippen molar-refractivity contribution >= 4 is 15.5 Å². The highest BCUT2D eigenvalue weighted by Gasteiger charge is 2.49. The first-order chi connectivity index (χ1) is 21.1. The molecule has 2 aromatic rings. The molecule has 0 amide bonds. The van der Waals surface area contributed by atoms with Gasteiger partial charge in [0.2, 0.25) is 0 Å². The fourth-order valence-corrected chi connectivity index (χ4v) is 10.2. The molecule has 0 radical (unpaired) electrons. The molecule has 2 bridgehead atoms. The number of fused-ring (bicyclic) bond motifs is 4. The Morgan fingerprint density at radius 1 is 0.932 bits per heavy atom. The minimum absolute atomic E-state index is 0.00850. The predicted molar refractivity (Wildman–Crippen MR) is 179 cm³/mol. The lowest BCUT2D eigenvalue weighted by Crippen LogP contribution is -2.67. The van der Waals surface area contributed by atoms with E-state index in [0.717, 1.165) is 49.1 Å². The topological polar surface area (TPSA) is 70.1 Å². The SMILES string of the molecule is CCCCC1(CCCC)CS(=O)(=O)c2ccc(N(C)C)cc2[C@H](c2ccc(OCCCC[N+]34CCN(CC3)CC4)cc2)[C@H]1O. The van der Waals surface area contributed by atoms with Gasteiger partial charge in [0.05, 0.1) is 49.5 Å². The molecule has 0 saturated carbocycles. The molecule has 0 unspecified atom stereocenters. The van der Waals surface area contributed by atoms with Gasteiger partial charge in [0.25, 0.3) is 0 Å². The van der Waals surface area contributed by atoms with Crippen LogP contribution in [0.3, 0.4) is 0 Å². The van der Waals surface area contributed by atoms with Crippen molar-refractivity contribution in [2.45, 2.75) is 82.1 Å². The van der Waals surface area contributed by atoms with Crippen LogP contribution in [0.4, 0.5) is 5.69 Å². The van der Waals surface area contributed by atoms with Crippen molar-refractivity contribution in [1.29, 1.82) is 0 Å². The summed E-state index contributed by atoms with van der Waals surface area (Å²) in [4.78, 5) is 4.95. The summed E-state index contributed by atoms with van der Waals surface area (Å²) in [5, 5.41) is 12.4. The Morgan fingerprint density at radius 2 is 1.57 bits per heavy atom.